The lowest BCUT2D eigenvalue weighted by Crippen LogP contribution is -2.82. The average molecular weight is 892 g/mol. The summed E-state index contributed by atoms with van der Waals surface area (Å²) in [5.41, 5.74) is -11.9. The number of fused-ring (bicyclic) bond motifs is 5. The molecule has 3 fully saturated rings. The van der Waals surface area contributed by atoms with Gasteiger partial charge in [-0.15, -0.1) is 0 Å². The molecule has 5 N–H and O–H groups in total. The minimum Gasteiger partial charge on any atom is -0.455 e. The van der Waals surface area contributed by atoms with Gasteiger partial charge < -0.3 is 58.9 Å². The van der Waals surface area contributed by atoms with Crippen molar-refractivity contribution in [2.45, 2.75) is 155 Å². The van der Waals surface area contributed by atoms with Gasteiger partial charge in [0.05, 0.1) is 42.8 Å². The van der Waals surface area contributed by atoms with E-state index in [0.717, 1.165) is 21.1 Å². The van der Waals surface area contributed by atoms with Crippen molar-refractivity contribution in [2.75, 3.05) is 20.8 Å². The Morgan fingerprint density at radius 2 is 1.52 bits per heavy atom. The number of alkyl carbamates (subject to hydrolysis) is 1. The maximum Gasteiger partial charge on any atom is 0.508 e. The molecule has 3 aliphatic carbocycles. The number of aliphatic hydroxyl groups is 4. The minimum absolute atomic E-state index is 0.0342. The fourth-order valence-corrected chi connectivity index (χ4v) is 9.79. The zero-order chi connectivity index (χ0) is 48.1. The molecule has 2 unspecified atom stereocenters. The number of rotatable bonds is 8. The maximum absolute atomic E-state index is 15.6. The highest BCUT2D eigenvalue weighted by Gasteiger charge is 2.79. The van der Waals surface area contributed by atoms with Gasteiger partial charge in [-0.25, -0.2) is 19.2 Å². The van der Waals surface area contributed by atoms with Crippen molar-refractivity contribution in [3.8, 4) is 0 Å². The molecule has 1 amide bonds. The zero-order valence-corrected chi connectivity index (χ0v) is 38.6. The summed E-state index contributed by atoms with van der Waals surface area (Å²) in [6, 6.07) is 6.49. The monoisotopic (exact) mass is 891 g/mol. The zero-order valence-electron chi connectivity index (χ0n) is 38.6. The number of ether oxygens (including phenoxy) is 7. The first-order valence-corrected chi connectivity index (χ1v) is 20.7. The van der Waals surface area contributed by atoms with E-state index < -0.39 is 123 Å². The molecule has 4 aliphatic rings. The van der Waals surface area contributed by atoms with E-state index in [1.54, 1.807) is 73.6 Å². The van der Waals surface area contributed by atoms with E-state index in [-0.39, 0.29) is 29.7 Å². The van der Waals surface area contributed by atoms with Crippen LogP contribution in [0, 0.1) is 22.2 Å². The molecule has 2 bridgehead atoms. The number of ketones is 1. The third kappa shape index (κ3) is 9.06. The molecule has 1 aliphatic heterocycles. The summed E-state index contributed by atoms with van der Waals surface area (Å²) in [7, 11) is 2.07. The Morgan fingerprint density at radius 3 is 2.02 bits per heavy atom. The molecule has 352 valence electrons. The second kappa shape index (κ2) is 17.7. The second-order valence-electron chi connectivity index (χ2n) is 19.7. The lowest BCUT2D eigenvalue weighted by Gasteiger charge is -2.67. The number of amides is 1. The molecule has 1 saturated heterocycles. The number of hydrogen-bond acceptors (Lipinski definition) is 17. The number of carbonyl (C=O) groups is 6. The second-order valence-corrected chi connectivity index (χ2v) is 19.7. The molecular formula is C45H65NO17. The smallest absolute Gasteiger partial charge is 0.455 e. The van der Waals surface area contributed by atoms with Crippen LogP contribution in [-0.4, -0.2) is 136 Å². The summed E-state index contributed by atoms with van der Waals surface area (Å²) in [6.45, 7) is 18.0. The van der Waals surface area contributed by atoms with Crippen LogP contribution < -0.4 is 5.32 Å². The standard InChI is InChI=1S/C44H61NO16.CH4O/c1-22-27-29(57-23(2)46)32(49)42(12)25(47)19-26-43(21-56-26,61-37(53)55-13)30(42)33(58-34(50)24-17-15-14-16-18-24)44(54,40(27,9)10)20-41(22,11)59-35(51)28(48)31(38(3,4)5)45-36(52)60-39(6,7)8;1-2/h14-18,25-26,28-31,33,47-48,54H,19-21H2,1-13H3,(H,45,52);2H,1H3/t25?,26-,28-,29-,30?,31-,33+,41-,42-,43+,44-;/m1./s1. The predicted octanol–water partition coefficient (Wildman–Crippen LogP) is 3.72. The van der Waals surface area contributed by atoms with Crippen molar-refractivity contribution in [1.29, 1.82) is 0 Å². The van der Waals surface area contributed by atoms with E-state index in [4.69, 9.17) is 38.3 Å². The highest BCUT2D eigenvalue weighted by molar-refractivity contribution is 5.95. The summed E-state index contributed by atoms with van der Waals surface area (Å²) < 4.78 is 40.6. The highest BCUT2D eigenvalue weighted by Crippen LogP contribution is 2.65. The van der Waals surface area contributed by atoms with Crippen LogP contribution in [0.2, 0.25) is 0 Å². The Bertz CT molecular complexity index is 1970. The van der Waals surface area contributed by atoms with Gasteiger partial charge in [0, 0.05) is 32.3 Å². The van der Waals surface area contributed by atoms with E-state index in [0.29, 0.717) is 0 Å². The Labute approximate surface area is 367 Å². The summed E-state index contributed by atoms with van der Waals surface area (Å²) >= 11 is 0. The lowest BCUT2D eigenvalue weighted by molar-refractivity contribution is -0.345. The number of Topliss-reactive ketones (excluding diaryl/α,β-unsaturated/α-hetero) is 1. The third-order valence-electron chi connectivity index (χ3n) is 13.2. The topological polar surface area (TPSA) is 260 Å². The first kappa shape index (κ1) is 51.0. The molecule has 11 atom stereocenters. The Morgan fingerprint density at radius 1 is 0.937 bits per heavy atom. The molecule has 0 spiro atoms. The van der Waals surface area contributed by atoms with E-state index in [9.17, 15) is 39.3 Å². The molecule has 1 aromatic rings. The van der Waals surface area contributed by atoms with Crippen molar-refractivity contribution < 1.29 is 82.4 Å². The van der Waals surface area contributed by atoms with E-state index in [1.807, 2.05) is 0 Å². The Hall–Kier alpha value is -4.62. The van der Waals surface area contributed by atoms with Crippen LogP contribution in [0.5, 0.6) is 0 Å². The van der Waals surface area contributed by atoms with Gasteiger partial charge in [0.1, 0.15) is 29.0 Å². The van der Waals surface area contributed by atoms with Gasteiger partial charge in [0.2, 0.25) is 0 Å². The van der Waals surface area contributed by atoms with Crippen molar-refractivity contribution in [3.05, 3.63) is 47.0 Å². The normalized spacial score (nSPS) is 33.0. The van der Waals surface area contributed by atoms with Crippen LogP contribution in [0.15, 0.2) is 41.5 Å². The molecular weight excluding hydrogens is 826 g/mol. The summed E-state index contributed by atoms with van der Waals surface area (Å²) in [5.74, 6) is -5.66. The van der Waals surface area contributed by atoms with Gasteiger partial charge in [0.15, 0.2) is 23.6 Å². The number of methoxy groups -OCH3 is 1. The quantitative estimate of drug-likeness (QED) is 0.142. The molecule has 1 heterocycles. The van der Waals surface area contributed by atoms with Crippen LogP contribution >= 0.6 is 0 Å². The fraction of sp³-hybridized carbons (Fsp3) is 0.689. The SMILES string of the molecule is CO.COC(=O)O[C@@]12CO[C@@H]1CC(O)[C@@]1(C)C(=O)[C@H](OC(C)=O)C3=C(C)[C@](C)(OC(=O)[C@H](O)[C@@H](NC(=O)OC(C)(C)C)C(C)(C)C)C[C@@](O)([C@@H](OC(=O)c4ccccc4)C12)C3(C)C. The van der Waals surface area contributed by atoms with Gasteiger partial charge in [0.25, 0.3) is 0 Å². The van der Waals surface area contributed by atoms with Crippen molar-refractivity contribution in [3.63, 3.8) is 0 Å². The molecule has 0 aromatic heterocycles. The van der Waals surface area contributed by atoms with Crippen molar-refractivity contribution >= 4 is 35.9 Å². The van der Waals surface area contributed by atoms with Crippen molar-refractivity contribution in [1.82, 2.24) is 5.32 Å². The third-order valence-corrected chi connectivity index (χ3v) is 13.2. The van der Waals surface area contributed by atoms with E-state index in [1.165, 1.54) is 32.9 Å². The van der Waals surface area contributed by atoms with Crippen LogP contribution in [0.3, 0.4) is 0 Å². The number of esters is 3. The van der Waals surface area contributed by atoms with Crippen molar-refractivity contribution in [2.24, 2.45) is 22.2 Å². The fourth-order valence-electron chi connectivity index (χ4n) is 9.79. The number of hydrogen-bond donors (Lipinski definition) is 5. The van der Waals surface area contributed by atoms with Gasteiger partial charge in [-0.3, -0.25) is 9.59 Å². The van der Waals surface area contributed by atoms with E-state index in [2.05, 4.69) is 5.32 Å². The first-order chi connectivity index (χ1) is 28.9. The lowest BCUT2D eigenvalue weighted by atomic mass is 9.44. The highest BCUT2D eigenvalue weighted by atomic mass is 16.8. The average Bonchev–Trinajstić information content (AvgIpc) is 3.17. The van der Waals surface area contributed by atoms with Crippen LogP contribution in [0.4, 0.5) is 9.59 Å². The Kier molecular flexibility index (Phi) is 14.4. The number of nitrogens with one attached hydrogen (secondary N) is 1. The van der Waals surface area contributed by atoms with Gasteiger partial charge in [-0.1, -0.05) is 52.8 Å². The molecule has 0 radical (unpaired) electrons. The number of benzene rings is 1. The first-order valence-electron chi connectivity index (χ1n) is 20.7. The number of aliphatic hydroxyl groups excluding tert-OH is 3. The van der Waals surface area contributed by atoms with Gasteiger partial charge in [-0.05, 0) is 70.2 Å². The van der Waals surface area contributed by atoms with Crippen LogP contribution in [0.25, 0.3) is 0 Å². The summed E-state index contributed by atoms with van der Waals surface area (Å²) in [4.78, 5) is 83.3. The largest absolute Gasteiger partial charge is 0.508 e. The predicted molar refractivity (Wildman–Crippen MR) is 222 cm³/mol. The maximum atomic E-state index is 15.6. The number of carbonyl (C=O) groups excluding carboxylic acids is 6. The summed E-state index contributed by atoms with van der Waals surface area (Å²) in [6.07, 6.45) is -11.5. The molecule has 63 heavy (non-hydrogen) atoms. The minimum atomic E-state index is -2.46. The van der Waals surface area contributed by atoms with E-state index >= 15 is 4.79 Å². The van der Waals surface area contributed by atoms with Gasteiger partial charge >= 0.3 is 30.2 Å². The molecule has 2 saturated carbocycles. The molecule has 18 heteroatoms. The molecule has 1 aromatic carbocycles. The molecule has 5 rings (SSSR count). The summed E-state index contributed by atoms with van der Waals surface area (Å²) in [5, 5.41) is 47.1. The van der Waals surface area contributed by atoms with Gasteiger partial charge in [-0.2, -0.15) is 0 Å². The van der Waals surface area contributed by atoms with Crippen LogP contribution in [0.1, 0.15) is 106 Å². The molecule has 18 nitrogen and oxygen atoms in total. The Balaban J connectivity index is 0.00000429. The van der Waals surface area contributed by atoms with Crippen LogP contribution in [-0.2, 0) is 47.5 Å².